The van der Waals surface area contributed by atoms with E-state index < -0.39 is 0 Å². The predicted molar refractivity (Wildman–Crippen MR) is 53.0 cm³/mol. The Hall–Kier alpha value is -1.40. The van der Waals surface area contributed by atoms with Gasteiger partial charge in [0.1, 0.15) is 5.82 Å². The van der Waals surface area contributed by atoms with Crippen LogP contribution in [0.15, 0.2) is 24.3 Å². The van der Waals surface area contributed by atoms with Crippen LogP contribution < -0.4 is 5.32 Å². The molecule has 0 aliphatic heterocycles. The van der Waals surface area contributed by atoms with Gasteiger partial charge >= 0.3 is 0 Å². The van der Waals surface area contributed by atoms with E-state index in [1.54, 1.807) is 6.07 Å². The van der Waals surface area contributed by atoms with Crippen molar-refractivity contribution >= 4 is 0 Å². The third-order valence-electron chi connectivity index (χ3n) is 2.04. The van der Waals surface area contributed by atoms with Gasteiger partial charge in [0.15, 0.2) is 0 Å². The summed E-state index contributed by atoms with van der Waals surface area (Å²) in [5.74, 6) is -0.226. The number of nitrogens with one attached hydrogen (secondary N) is 1. The van der Waals surface area contributed by atoms with Gasteiger partial charge in [0, 0.05) is 19.0 Å². The number of nitrogens with zero attached hydrogens (tertiary/aromatic N) is 1. The number of nitriles is 1. The molecule has 1 rings (SSSR count). The van der Waals surface area contributed by atoms with Gasteiger partial charge < -0.3 is 5.32 Å². The Morgan fingerprint density at radius 1 is 1.57 bits per heavy atom. The molecule has 0 unspecified atom stereocenters. The largest absolute Gasteiger partial charge is 0.309 e. The molecule has 1 aromatic rings. The highest BCUT2D eigenvalue weighted by atomic mass is 19.1. The average Bonchev–Trinajstić information content (AvgIpc) is 2.18. The van der Waals surface area contributed by atoms with Crippen LogP contribution in [-0.2, 0) is 0 Å². The Bertz CT molecular complexity index is 330. The maximum atomic E-state index is 12.8. The molecule has 0 aliphatic rings. The van der Waals surface area contributed by atoms with Crippen molar-refractivity contribution in [3.05, 3.63) is 35.6 Å². The average molecular weight is 192 g/mol. The SMILES string of the molecule is C[C@@H](NCCC#N)c1cccc(F)c1. The number of hydrogen-bond donors (Lipinski definition) is 1. The van der Waals surface area contributed by atoms with E-state index in [-0.39, 0.29) is 11.9 Å². The third kappa shape index (κ3) is 3.15. The zero-order valence-electron chi connectivity index (χ0n) is 8.13. The molecule has 1 aromatic carbocycles. The van der Waals surface area contributed by atoms with Crippen LogP contribution >= 0.6 is 0 Å². The van der Waals surface area contributed by atoms with E-state index in [1.165, 1.54) is 12.1 Å². The first-order chi connectivity index (χ1) is 6.74. The van der Waals surface area contributed by atoms with Gasteiger partial charge in [-0.3, -0.25) is 0 Å². The monoisotopic (exact) mass is 192 g/mol. The van der Waals surface area contributed by atoms with E-state index in [0.717, 1.165) is 5.56 Å². The molecule has 0 spiro atoms. The van der Waals surface area contributed by atoms with Crippen molar-refractivity contribution in [2.75, 3.05) is 6.54 Å². The van der Waals surface area contributed by atoms with Crippen LogP contribution in [0.4, 0.5) is 4.39 Å². The van der Waals surface area contributed by atoms with E-state index in [0.29, 0.717) is 13.0 Å². The minimum Gasteiger partial charge on any atom is -0.309 e. The maximum absolute atomic E-state index is 12.8. The van der Waals surface area contributed by atoms with Gasteiger partial charge in [-0.25, -0.2) is 4.39 Å². The highest BCUT2D eigenvalue weighted by Crippen LogP contribution is 2.12. The van der Waals surface area contributed by atoms with Gasteiger partial charge in [-0.05, 0) is 24.6 Å². The topological polar surface area (TPSA) is 35.8 Å². The van der Waals surface area contributed by atoms with Crippen molar-refractivity contribution in [2.24, 2.45) is 0 Å². The molecule has 0 fully saturated rings. The molecule has 0 saturated heterocycles. The van der Waals surface area contributed by atoms with Crippen LogP contribution in [0.2, 0.25) is 0 Å². The number of hydrogen-bond acceptors (Lipinski definition) is 2. The van der Waals surface area contributed by atoms with Gasteiger partial charge in [-0.15, -0.1) is 0 Å². The second-order valence-electron chi connectivity index (χ2n) is 3.14. The molecule has 74 valence electrons. The van der Waals surface area contributed by atoms with Crippen molar-refractivity contribution < 1.29 is 4.39 Å². The van der Waals surface area contributed by atoms with E-state index >= 15 is 0 Å². The van der Waals surface area contributed by atoms with E-state index in [4.69, 9.17) is 5.26 Å². The predicted octanol–water partition coefficient (Wildman–Crippen LogP) is 2.39. The van der Waals surface area contributed by atoms with Crippen molar-refractivity contribution in [1.29, 1.82) is 5.26 Å². The standard InChI is InChI=1S/C11H13FN2/c1-9(14-7-3-6-13)10-4-2-5-11(12)8-10/h2,4-5,8-9,14H,3,7H2,1H3/t9-/m1/s1. The maximum Gasteiger partial charge on any atom is 0.123 e. The normalized spacial score (nSPS) is 12.1. The van der Waals surface area contributed by atoms with E-state index in [1.807, 2.05) is 19.1 Å². The highest BCUT2D eigenvalue weighted by Gasteiger charge is 2.04. The molecule has 1 atom stereocenters. The lowest BCUT2D eigenvalue weighted by Gasteiger charge is -2.12. The fourth-order valence-electron chi connectivity index (χ4n) is 1.24. The van der Waals surface area contributed by atoms with Crippen LogP contribution in [0.25, 0.3) is 0 Å². The number of rotatable bonds is 4. The lowest BCUT2D eigenvalue weighted by molar-refractivity contribution is 0.572. The molecular weight excluding hydrogens is 179 g/mol. The second-order valence-corrected chi connectivity index (χ2v) is 3.14. The fraction of sp³-hybridized carbons (Fsp3) is 0.364. The van der Waals surface area contributed by atoms with Gasteiger partial charge in [0.2, 0.25) is 0 Å². The zero-order valence-corrected chi connectivity index (χ0v) is 8.13. The third-order valence-corrected chi connectivity index (χ3v) is 2.04. The summed E-state index contributed by atoms with van der Waals surface area (Å²) in [5.41, 5.74) is 0.905. The molecule has 1 N–H and O–H groups in total. The molecule has 3 heteroatoms. The van der Waals surface area contributed by atoms with Gasteiger partial charge in [-0.2, -0.15) is 5.26 Å². The van der Waals surface area contributed by atoms with Crippen molar-refractivity contribution in [3.63, 3.8) is 0 Å². The Kier molecular flexibility index (Phi) is 4.09. The summed E-state index contributed by atoms with van der Waals surface area (Å²) in [6.45, 7) is 2.58. The molecule has 14 heavy (non-hydrogen) atoms. The molecule has 0 saturated carbocycles. The Morgan fingerprint density at radius 3 is 3.00 bits per heavy atom. The van der Waals surface area contributed by atoms with Crippen LogP contribution in [0.3, 0.4) is 0 Å². The summed E-state index contributed by atoms with van der Waals surface area (Å²) < 4.78 is 12.8. The summed E-state index contributed by atoms with van der Waals surface area (Å²) in [7, 11) is 0. The van der Waals surface area contributed by atoms with Crippen LogP contribution in [0, 0.1) is 17.1 Å². The Morgan fingerprint density at radius 2 is 2.36 bits per heavy atom. The quantitative estimate of drug-likeness (QED) is 0.743. The summed E-state index contributed by atoms with van der Waals surface area (Å²) in [4.78, 5) is 0. The molecular formula is C11H13FN2. The van der Waals surface area contributed by atoms with E-state index in [2.05, 4.69) is 5.32 Å². The van der Waals surface area contributed by atoms with E-state index in [9.17, 15) is 4.39 Å². The van der Waals surface area contributed by atoms with Crippen LogP contribution in [-0.4, -0.2) is 6.54 Å². The minimum atomic E-state index is -0.226. The molecule has 0 heterocycles. The fourth-order valence-corrected chi connectivity index (χ4v) is 1.24. The van der Waals surface area contributed by atoms with Crippen LogP contribution in [0.1, 0.15) is 24.9 Å². The molecule has 2 nitrogen and oxygen atoms in total. The highest BCUT2D eigenvalue weighted by molar-refractivity contribution is 5.19. The second kappa shape index (κ2) is 5.36. The first-order valence-electron chi connectivity index (χ1n) is 4.60. The molecule has 0 radical (unpaired) electrons. The van der Waals surface area contributed by atoms with Crippen molar-refractivity contribution in [1.82, 2.24) is 5.32 Å². The lowest BCUT2D eigenvalue weighted by Crippen LogP contribution is -2.19. The minimum absolute atomic E-state index is 0.0825. The van der Waals surface area contributed by atoms with Crippen molar-refractivity contribution in [2.45, 2.75) is 19.4 Å². The van der Waals surface area contributed by atoms with Gasteiger partial charge in [0.25, 0.3) is 0 Å². The Labute approximate surface area is 83.4 Å². The zero-order chi connectivity index (χ0) is 10.4. The molecule has 0 aliphatic carbocycles. The Balaban J connectivity index is 2.52. The lowest BCUT2D eigenvalue weighted by atomic mass is 10.1. The van der Waals surface area contributed by atoms with Gasteiger partial charge in [-0.1, -0.05) is 12.1 Å². The molecule has 0 aromatic heterocycles. The van der Waals surface area contributed by atoms with Crippen molar-refractivity contribution in [3.8, 4) is 6.07 Å². The first kappa shape index (κ1) is 10.7. The summed E-state index contributed by atoms with van der Waals surface area (Å²) >= 11 is 0. The first-order valence-corrected chi connectivity index (χ1v) is 4.60. The van der Waals surface area contributed by atoms with Crippen LogP contribution in [0.5, 0.6) is 0 Å². The number of benzene rings is 1. The smallest absolute Gasteiger partial charge is 0.123 e. The summed E-state index contributed by atoms with van der Waals surface area (Å²) in [5, 5.41) is 11.5. The molecule has 0 amide bonds. The number of halogens is 1. The summed E-state index contributed by atoms with van der Waals surface area (Å²) in [6.07, 6.45) is 0.472. The van der Waals surface area contributed by atoms with Gasteiger partial charge in [0.05, 0.1) is 6.07 Å². The summed E-state index contributed by atoms with van der Waals surface area (Å²) in [6, 6.07) is 8.61. The molecule has 0 bridgehead atoms.